The molecule has 0 spiro atoms. The molecule has 4 atom stereocenters. The highest BCUT2D eigenvalue weighted by molar-refractivity contribution is 7.90. The topological polar surface area (TPSA) is 151 Å². The van der Waals surface area contributed by atoms with E-state index in [4.69, 9.17) is 4.74 Å². The monoisotopic (exact) mass is 638 g/mol. The number of benzene rings is 2. The van der Waals surface area contributed by atoms with Crippen LogP contribution in [0.3, 0.4) is 0 Å². The molecule has 2 fully saturated rings. The molecule has 12 heteroatoms. The molecular formula is C33H42N4O7S. The lowest BCUT2D eigenvalue weighted by Gasteiger charge is -2.30. The van der Waals surface area contributed by atoms with Gasteiger partial charge in [0, 0.05) is 17.8 Å². The maximum absolute atomic E-state index is 13.8. The quantitative estimate of drug-likeness (QED) is 0.430. The Morgan fingerprint density at radius 1 is 1.00 bits per heavy atom. The number of hydrogen-bond acceptors (Lipinski definition) is 7. The summed E-state index contributed by atoms with van der Waals surface area (Å²) in [5, 5.41) is 6.76. The number of ether oxygens (including phenoxy) is 1. The normalized spacial score (nSPS) is 26.8. The van der Waals surface area contributed by atoms with Crippen LogP contribution in [0.2, 0.25) is 0 Å². The summed E-state index contributed by atoms with van der Waals surface area (Å²) < 4.78 is 34.7. The Morgan fingerprint density at radius 2 is 1.76 bits per heavy atom. The molecule has 2 aliphatic heterocycles. The second-order valence-electron chi connectivity index (χ2n) is 13.1. The number of nitrogens with one attached hydrogen (secondary N) is 3. The Morgan fingerprint density at radius 3 is 2.53 bits per heavy atom. The van der Waals surface area contributed by atoms with Crippen molar-refractivity contribution in [2.75, 3.05) is 6.54 Å². The van der Waals surface area contributed by atoms with Gasteiger partial charge in [0.2, 0.25) is 11.8 Å². The maximum atomic E-state index is 13.8. The number of amides is 4. The summed E-state index contributed by atoms with van der Waals surface area (Å²) in [6, 6.07) is 10.1. The number of carbonyl (C=O) groups excluding carboxylic acids is 4. The van der Waals surface area contributed by atoms with Crippen molar-refractivity contribution in [3.8, 4) is 0 Å². The van der Waals surface area contributed by atoms with Crippen molar-refractivity contribution < 1.29 is 32.3 Å². The first-order chi connectivity index (χ1) is 21.3. The Balaban J connectivity index is 1.39. The molecule has 242 valence electrons. The van der Waals surface area contributed by atoms with Gasteiger partial charge in [0.15, 0.2) is 0 Å². The maximum Gasteiger partial charge on any atom is 0.408 e. The molecule has 3 aliphatic rings. The number of sulfonamides is 1. The van der Waals surface area contributed by atoms with Crippen LogP contribution in [-0.2, 0) is 29.1 Å². The minimum atomic E-state index is -4.28. The van der Waals surface area contributed by atoms with Gasteiger partial charge in [0.25, 0.3) is 15.9 Å². The molecule has 0 aromatic heterocycles. The molecular weight excluding hydrogens is 596 g/mol. The molecule has 1 saturated heterocycles. The van der Waals surface area contributed by atoms with Gasteiger partial charge in [-0.3, -0.25) is 14.4 Å². The molecule has 4 unspecified atom stereocenters. The fourth-order valence-electron chi connectivity index (χ4n) is 6.24. The Labute approximate surface area is 264 Å². The molecule has 5 rings (SSSR count). The lowest BCUT2D eigenvalue weighted by molar-refractivity contribution is -0.141. The van der Waals surface area contributed by atoms with Crippen LogP contribution in [0.1, 0.15) is 72.1 Å². The molecule has 45 heavy (non-hydrogen) atoms. The van der Waals surface area contributed by atoms with Crippen molar-refractivity contribution in [2.24, 2.45) is 5.92 Å². The average molecular weight is 639 g/mol. The van der Waals surface area contributed by atoms with E-state index in [9.17, 15) is 27.6 Å². The van der Waals surface area contributed by atoms with Crippen molar-refractivity contribution in [2.45, 2.75) is 100 Å². The van der Waals surface area contributed by atoms with Gasteiger partial charge in [0.05, 0.1) is 4.90 Å². The summed E-state index contributed by atoms with van der Waals surface area (Å²) in [5.74, 6) is -2.12. The summed E-state index contributed by atoms with van der Waals surface area (Å²) in [5.41, 5.74) is -2.22. The zero-order valence-electron chi connectivity index (χ0n) is 26.0. The number of allylic oxidation sites excluding steroid dienone is 1. The molecule has 3 N–H and O–H groups in total. The third-order valence-corrected chi connectivity index (χ3v) is 9.98. The van der Waals surface area contributed by atoms with Crippen molar-refractivity contribution in [1.82, 2.24) is 20.3 Å². The van der Waals surface area contributed by atoms with Crippen molar-refractivity contribution >= 4 is 44.6 Å². The molecule has 0 radical (unpaired) electrons. The van der Waals surface area contributed by atoms with Gasteiger partial charge in [-0.25, -0.2) is 17.9 Å². The highest BCUT2D eigenvalue weighted by Crippen LogP contribution is 2.46. The first-order valence-electron chi connectivity index (χ1n) is 15.6. The predicted molar refractivity (Wildman–Crippen MR) is 168 cm³/mol. The molecule has 1 aliphatic carbocycles. The van der Waals surface area contributed by atoms with Crippen LogP contribution in [0, 0.1) is 5.92 Å². The first-order valence-corrected chi connectivity index (χ1v) is 17.1. The Bertz CT molecular complexity index is 1610. The summed E-state index contributed by atoms with van der Waals surface area (Å²) in [6.45, 7) is 5.54. The van der Waals surface area contributed by atoms with E-state index in [-0.39, 0.29) is 17.2 Å². The number of fused-ring (bicyclic) bond motifs is 3. The number of nitrogens with zero attached hydrogens (tertiary/aromatic N) is 1. The van der Waals surface area contributed by atoms with Gasteiger partial charge in [-0.1, -0.05) is 61.4 Å². The van der Waals surface area contributed by atoms with Crippen LogP contribution >= 0.6 is 0 Å². The van der Waals surface area contributed by atoms with Crippen LogP contribution in [0.5, 0.6) is 0 Å². The lowest BCUT2D eigenvalue weighted by atomic mass is 10.0. The zero-order chi connectivity index (χ0) is 32.4. The highest BCUT2D eigenvalue weighted by atomic mass is 32.2. The smallest absolute Gasteiger partial charge is 0.408 e. The summed E-state index contributed by atoms with van der Waals surface area (Å²) >= 11 is 0. The zero-order valence-corrected chi connectivity index (χ0v) is 26.8. The fourth-order valence-corrected chi connectivity index (χ4v) is 7.51. The van der Waals surface area contributed by atoms with Crippen molar-refractivity contribution in [3.05, 3.63) is 54.6 Å². The molecule has 1 saturated carbocycles. The summed E-state index contributed by atoms with van der Waals surface area (Å²) in [7, 11) is -4.28. The van der Waals surface area contributed by atoms with E-state index >= 15 is 0 Å². The van der Waals surface area contributed by atoms with E-state index in [2.05, 4.69) is 15.4 Å². The van der Waals surface area contributed by atoms with Gasteiger partial charge in [-0.15, -0.1) is 0 Å². The lowest BCUT2D eigenvalue weighted by Crippen LogP contribution is -2.58. The Kier molecular flexibility index (Phi) is 9.25. The van der Waals surface area contributed by atoms with E-state index in [1.165, 1.54) is 11.0 Å². The van der Waals surface area contributed by atoms with Gasteiger partial charge in [0.1, 0.15) is 23.2 Å². The van der Waals surface area contributed by atoms with Crippen LogP contribution in [0.25, 0.3) is 10.8 Å². The van der Waals surface area contributed by atoms with Gasteiger partial charge < -0.3 is 20.3 Å². The number of alkyl carbamates (subject to hydrolysis) is 1. The van der Waals surface area contributed by atoms with Crippen LogP contribution in [-0.4, -0.2) is 66.9 Å². The van der Waals surface area contributed by atoms with Gasteiger partial charge in [-0.2, -0.15) is 0 Å². The van der Waals surface area contributed by atoms with E-state index in [0.29, 0.717) is 49.4 Å². The molecule has 11 nitrogen and oxygen atoms in total. The van der Waals surface area contributed by atoms with Gasteiger partial charge >= 0.3 is 6.09 Å². The predicted octanol–water partition coefficient (Wildman–Crippen LogP) is 3.92. The molecule has 4 amide bonds. The number of rotatable bonds is 4. The minimum Gasteiger partial charge on any atom is -0.444 e. The number of carbonyl (C=O) groups is 4. The van der Waals surface area contributed by atoms with E-state index in [1.807, 2.05) is 12.2 Å². The fraction of sp³-hybridized carbons (Fsp3) is 0.515. The third-order valence-electron chi connectivity index (χ3n) is 8.59. The summed E-state index contributed by atoms with van der Waals surface area (Å²) in [4.78, 5) is 55.4. The van der Waals surface area contributed by atoms with Crippen molar-refractivity contribution in [1.29, 1.82) is 0 Å². The SMILES string of the molecule is CC(C)(C)OC(=O)NC1CCCCC/C=C\C2CC2(C(=O)NS(=O)(=O)c2cccc3ccccc23)NC(=O)C2CCCN2C1=O. The second-order valence-corrected chi connectivity index (χ2v) is 14.8. The van der Waals surface area contributed by atoms with E-state index in [1.54, 1.807) is 57.2 Å². The first kappa shape index (κ1) is 32.5. The molecule has 0 bridgehead atoms. The van der Waals surface area contributed by atoms with Crippen LogP contribution in [0.4, 0.5) is 4.79 Å². The van der Waals surface area contributed by atoms with Crippen LogP contribution < -0.4 is 15.4 Å². The molecule has 2 heterocycles. The molecule has 2 aromatic carbocycles. The number of hydrogen-bond donors (Lipinski definition) is 3. The van der Waals surface area contributed by atoms with Gasteiger partial charge in [-0.05, 0) is 70.7 Å². The summed E-state index contributed by atoms with van der Waals surface area (Å²) in [6.07, 6.45) is 7.73. The Hall–Kier alpha value is -3.93. The highest BCUT2D eigenvalue weighted by Gasteiger charge is 2.61. The second kappa shape index (κ2) is 12.8. The molecule has 2 aromatic rings. The standard InChI is InChI=1S/C33H42N4O7S/c1-32(2,3)44-31(41)34-25-17-8-6-4-5-7-15-23-21-33(23,35-28(38)26-18-12-20-37(26)29(25)39)30(40)36-45(42,43)27-19-11-14-22-13-9-10-16-24(22)27/h7,9-11,13-16,19,23,25-26H,4-6,8,12,17-18,20-21H2,1-3H3,(H,34,41)(H,35,38)(H,36,40)/b15-7-. The van der Waals surface area contributed by atoms with Crippen LogP contribution in [0.15, 0.2) is 59.5 Å². The average Bonchev–Trinajstić information content (AvgIpc) is 3.43. The largest absolute Gasteiger partial charge is 0.444 e. The van der Waals surface area contributed by atoms with E-state index in [0.717, 1.165) is 12.8 Å². The van der Waals surface area contributed by atoms with E-state index < -0.39 is 57.1 Å². The van der Waals surface area contributed by atoms with Crippen molar-refractivity contribution in [3.63, 3.8) is 0 Å². The minimum absolute atomic E-state index is 0.0299. The third kappa shape index (κ3) is 7.32.